The Morgan fingerprint density at radius 2 is 2.59 bits per heavy atom. The maximum Gasteiger partial charge on any atom is 0.303 e. The largest absolute Gasteiger partial charge is 0.481 e. The fourth-order valence-corrected chi connectivity index (χ4v) is 2.78. The zero-order chi connectivity index (χ0) is 12.3. The van der Waals surface area contributed by atoms with Crippen molar-refractivity contribution < 1.29 is 14.6 Å². The van der Waals surface area contributed by atoms with Crippen molar-refractivity contribution in [2.24, 2.45) is 0 Å². The van der Waals surface area contributed by atoms with Gasteiger partial charge in [0, 0.05) is 32.0 Å². The van der Waals surface area contributed by atoms with Crippen LogP contribution in [0.5, 0.6) is 0 Å². The number of aromatic nitrogens is 1. The van der Waals surface area contributed by atoms with E-state index in [4.69, 9.17) is 9.84 Å². The van der Waals surface area contributed by atoms with Crippen LogP contribution < -0.4 is 4.90 Å². The number of carbonyl (C=O) groups is 1. The molecular formula is C11H16N2O3S. The molecule has 1 saturated heterocycles. The standard InChI is InChI=1S/C11H16N2O3S/c1-16-9-4-5-13(6-9)11-12-8(7-17-11)2-3-10(14)15/h7,9H,2-6H2,1H3,(H,14,15). The van der Waals surface area contributed by atoms with Crippen LogP contribution in [0.15, 0.2) is 5.38 Å². The fourth-order valence-electron chi connectivity index (χ4n) is 1.89. The molecule has 0 amide bonds. The Bertz CT molecular complexity index is 394. The van der Waals surface area contributed by atoms with Gasteiger partial charge >= 0.3 is 5.97 Å². The van der Waals surface area contributed by atoms with E-state index in [1.165, 1.54) is 0 Å². The van der Waals surface area contributed by atoms with Crippen LogP contribution >= 0.6 is 11.3 Å². The number of aryl methyl sites for hydroxylation is 1. The molecule has 94 valence electrons. The van der Waals surface area contributed by atoms with E-state index in [0.717, 1.165) is 30.3 Å². The quantitative estimate of drug-likeness (QED) is 0.862. The van der Waals surface area contributed by atoms with E-state index >= 15 is 0 Å². The molecule has 2 rings (SSSR count). The van der Waals surface area contributed by atoms with Gasteiger partial charge in [0.1, 0.15) is 0 Å². The van der Waals surface area contributed by atoms with Crippen molar-refractivity contribution >= 4 is 22.4 Å². The smallest absolute Gasteiger partial charge is 0.303 e. The minimum Gasteiger partial charge on any atom is -0.481 e. The molecule has 1 aliphatic rings. The predicted molar refractivity (Wildman–Crippen MR) is 65.7 cm³/mol. The molecule has 0 aliphatic carbocycles. The SMILES string of the molecule is COC1CCN(c2nc(CCC(=O)O)cs2)C1. The Morgan fingerprint density at radius 3 is 3.24 bits per heavy atom. The molecule has 2 heterocycles. The highest BCUT2D eigenvalue weighted by Crippen LogP contribution is 2.25. The van der Waals surface area contributed by atoms with Crippen molar-refractivity contribution in [1.29, 1.82) is 0 Å². The predicted octanol–water partition coefficient (Wildman–Crippen LogP) is 1.39. The first-order valence-electron chi connectivity index (χ1n) is 5.63. The third kappa shape index (κ3) is 3.17. The number of thiazole rings is 1. The van der Waals surface area contributed by atoms with E-state index in [-0.39, 0.29) is 6.42 Å². The van der Waals surface area contributed by atoms with Crippen LogP contribution in [0.1, 0.15) is 18.5 Å². The molecule has 1 atom stereocenters. The monoisotopic (exact) mass is 256 g/mol. The van der Waals surface area contributed by atoms with Crippen LogP contribution in [0.4, 0.5) is 5.13 Å². The van der Waals surface area contributed by atoms with Crippen molar-refractivity contribution in [3.63, 3.8) is 0 Å². The second-order valence-corrected chi connectivity index (χ2v) is 4.94. The van der Waals surface area contributed by atoms with Crippen molar-refractivity contribution in [2.45, 2.75) is 25.4 Å². The number of methoxy groups -OCH3 is 1. The first-order chi connectivity index (χ1) is 8.19. The topological polar surface area (TPSA) is 62.7 Å². The molecule has 5 nitrogen and oxygen atoms in total. The highest BCUT2D eigenvalue weighted by atomic mass is 32.1. The summed E-state index contributed by atoms with van der Waals surface area (Å²) in [6.07, 6.45) is 1.97. The zero-order valence-corrected chi connectivity index (χ0v) is 10.6. The van der Waals surface area contributed by atoms with E-state index < -0.39 is 5.97 Å². The first-order valence-corrected chi connectivity index (χ1v) is 6.51. The lowest BCUT2D eigenvalue weighted by atomic mass is 10.2. The molecule has 0 bridgehead atoms. The third-order valence-corrected chi connectivity index (χ3v) is 3.83. The van der Waals surface area contributed by atoms with Gasteiger partial charge in [0.2, 0.25) is 0 Å². The van der Waals surface area contributed by atoms with Gasteiger partial charge in [0.15, 0.2) is 5.13 Å². The van der Waals surface area contributed by atoms with Crippen molar-refractivity contribution in [3.05, 3.63) is 11.1 Å². The Morgan fingerprint density at radius 1 is 1.76 bits per heavy atom. The maximum absolute atomic E-state index is 10.5. The van der Waals surface area contributed by atoms with Crippen LogP contribution in [0.25, 0.3) is 0 Å². The Kier molecular flexibility index (Phi) is 3.96. The number of anilines is 1. The third-order valence-electron chi connectivity index (χ3n) is 2.88. The molecule has 1 N–H and O–H groups in total. The van der Waals surface area contributed by atoms with Crippen LogP contribution in [-0.2, 0) is 16.0 Å². The summed E-state index contributed by atoms with van der Waals surface area (Å²) in [7, 11) is 1.73. The Hall–Kier alpha value is -1.14. The minimum atomic E-state index is -0.778. The van der Waals surface area contributed by atoms with Crippen LogP contribution in [0.2, 0.25) is 0 Å². The Balaban J connectivity index is 1.92. The van der Waals surface area contributed by atoms with Gasteiger partial charge in [-0.15, -0.1) is 11.3 Å². The van der Waals surface area contributed by atoms with E-state index in [1.54, 1.807) is 18.4 Å². The van der Waals surface area contributed by atoms with Gasteiger partial charge in [0.25, 0.3) is 0 Å². The summed E-state index contributed by atoms with van der Waals surface area (Å²) in [6.45, 7) is 1.84. The number of rotatable bonds is 5. The zero-order valence-electron chi connectivity index (χ0n) is 9.76. The van der Waals surface area contributed by atoms with E-state index in [9.17, 15) is 4.79 Å². The van der Waals surface area contributed by atoms with E-state index in [1.807, 2.05) is 5.38 Å². The molecule has 1 aromatic rings. The average molecular weight is 256 g/mol. The number of nitrogens with zero attached hydrogens (tertiary/aromatic N) is 2. The molecule has 1 aliphatic heterocycles. The molecule has 1 aromatic heterocycles. The molecule has 0 saturated carbocycles. The minimum absolute atomic E-state index is 0.143. The lowest BCUT2D eigenvalue weighted by molar-refractivity contribution is -0.136. The van der Waals surface area contributed by atoms with Gasteiger partial charge in [-0.3, -0.25) is 4.79 Å². The highest BCUT2D eigenvalue weighted by molar-refractivity contribution is 7.13. The van der Waals surface area contributed by atoms with Crippen molar-refractivity contribution in [1.82, 2.24) is 4.98 Å². The molecule has 0 aromatic carbocycles. The summed E-state index contributed by atoms with van der Waals surface area (Å²) in [5.41, 5.74) is 0.869. The van der Waals surface area contributed by atoms with E-state index in [0.29, 0.717) is 12.5 Å². The fraction of sp³-hybridized carbons (Fsp3) is 0.636. The highest BCUT2D eigenvalue weighted by Gasteiger charge is 2.24. The average Bonchev–Trinajstić information content (AvgIpc) is 2.94. The van der Waals surface area contributed by atoms with Gasteiger partial charge in [-0.25, -0.2) is 4.98 Å². The lowest BCUT2D eigenvalue weighted by Gasteiger charge is -2.13. The van der Waals surface area contributed by atoms with E-state index in [2.05, 4.69) is 9.88 Å². The molecule has 0 radical (unpaired) electrons. The second-order valence-electron chi connectivity index (χ2n) is 4.11. The number of carboxylic acids is 1. The van der Waals surface area contributed by atoms with Gasteiger partial charge in [-0.2, -0.15) is 0 Å². The Labute approximate surface area is 104 Å². The van der Waals surface area contributed by atoms with Crippen LogP contribution in [0, 0.1) is 0 Å². The van der Waals surface area contributed by atoms with Gasteiger partial charge in [-0.1, -0.05) is 0 Å². The summed E-state index contributed by atoms with van der Waals surface area (Å²) < 4.78 is 5.31. The van der Waals surface area contributed by atoms with Crippen molar-refractivity contribution in [3.8, 4) is 0 Å². The number of aliphatic carboxylic acids is 1. The number of hydrogen-bond acceptors (Lipinski definition) is 5. The van der Waals surface area contributed by atoms with Gasteiger partial charge in [-0.05, 0) is 6.42 Å². The van der Waals surface area contributed by atoms with Gasteiger partial charge in [0.05, 0.1) is 18.2 Å². The summed E-state index contributed by atoms with van der Waals surface area (Å²) in [4.78, 5) is 17.1. The molecule has 1 fully saturated rings. The molecule has 6 heteroatoms. The summed E-state index contributed by atoms with van der Waals surface area (Å²) in [6, 6.07) is 0. The first kappa shape index (κ1) is 12.3. The number of carboxylic acid groups (broad SMARTS) is 1. The lowest BCUT2D eigenvalue weighted by Crippen LogP contribution is -2.21. The van der Waals surface area contributed by atoms with Gasteiger partial charge < -0.3 is 14.7 Å². The number of ether oxygens (including phenoxy) is 1. The van der Waals surface area contributed by atoms with Crippen LogP contribution in [0.3, 0.4) is 0 Å². The van der Waals surface area contributed by atoms with Crippen molar-refractivity contribution in [2.75, 3.05) is 25.1 Å². The normalized spacial score (nSPS) is 19.8. The summed E-state index contributed by atoms with van der Waals surface area (Å²) in [5, 5.41) is 11.5. The maximum atomic E-state index is 10.5. The number of hydrogen-bond donors (Lipinski definition) is 1. The molecule has 17 heavy (non-hydrogen) atoms. The molecule has 1 unspecified atom stereocenters. The van der Waals surface area contributed by atoms with Crippen LogP contribution in [-0.4, -0.2) is 42.4 Å². The molecule has 0 spiro atoms. The summed E-state index contributed by atoms with van der Waals surface area (Å²) >= 11 is 1.58. The second kappa shape index (κ2) is 5.46. The molecular weight excluding hydrogens is 240 g/mol. The summed E-state index contributed by atoms with van der Waals surface area (Å²) in [5.74, 6) is -0.778.